The van der Waals surface area contributed by atoms with Gasteiger partial charge in [0.05, 0.1) is 11.5 Å². The first-order valence-corrected chi connectivity index (χ1v) is 7.33. The van der Waals surface area contributed by atoms with Gasteiger partial charge in [-0.1, -0.05) is 0 Å². The topological polar surface area (TPSA) is 55.4 Å². The number of hydrogen-bond acceptors (Lipinski definition) is 3. The molecule has 1 aliphatic rings. The minimum absolute atomic E-state index is 0.0784. The molecule has 1 aromatic rings. The van der Waals surface area contributed by atoms with Gasteiger partial charge >= 0.3 is 0 Å². The number of hydrogen-bond donors (Lipinski definition) is 1. The standard InChI is InChI=1S/C12H16FNO3S/c1-9(10-6-7-17-8-10)14-18(15,16)12-4-2-11(13)3-5-12/h2-5,9-10,14H,6-8H2,1H3. The van der Waals surface area contributed by atoms with Crippen LogP contribution in [0.5, 0.6) is 0 Å². The predicted octanol–water partition coefficient (Wildman–Crippen LogP) is 1.53. The van der Waals surface area contributed by atoms with E-state index in [9.17, 15) is 12.8 Å². The normalized spacial score (nSPS) is 22.0. The minimum atomic E-state index is -3.59. The van der Waals surface area contributed by atoms with E-state index in [1.54, 1.807) is 0 Å². The first-order valence-electron chi connectivity index (χ1n) is 5.85. The zero-order valence-electron chi connectivity index (χ0n) is 10.1. The Morgan fingerprint density at radius 3 is 2.61 bits per heavy atom. The van der Waals surface area contributed by atoms with Crippen LogP contribution >= 0.6 is 0 Å². The van der Waals surface area contributed by atoms with E-state index >= 15 is 0 Å². The van der Waals surface area contributed by atoms with E-state index in [4.69, 9.17) is 4.74 Å². The Labute approximate surface area is 106 Å². The van der Waals surface area contributed by atoms with Gasteiger partial charge in [0, 0.05) is 18.6 Å². The van der Waals surface area contributed by atoms with E-state index in [1.807, 2.05) is 6.92 Å². The molecule has 0 aliphatic carbocycles. The van der Waals surface area contributed by atoms with Crippen LogP contribution in [0.3, 0.4) is 0 Å². The van der Waals surface area contributed by atoms with Gasteiger partial charge in [-0.25, -0.2) is 17.5 Å². The number of rotatable bonds is 4. The van der Waals surface area contributed by atoms with Crippen LogP contribution in [0.15, 0.2) is 29.2 Å². The van der Waals surface area contributed by atoms with Gasteiger partial charge in [-0.3, -0.25) is 0 Å². The van der Waals surface area contributed by atoms with Gasteiger partial charge in [-0.2, -0.15) is 0 Å². The van der Waals surface area contributed by atoms with Crippen molar-refractivity contribution in [3.63, 3.8) is 0 Å². The second-order valence-corrected chi connectivity index (χ2v) is 6.20. The lowest BCUT2D eigenvalue weighted by Crippen LogP contribution is -2.38. The van der Waals surface area contributed by atoms with Crippen LogP contribution < -0.4 is 4.72 Å². The molecule has 2 rings (SSSR count). The van der Waals surface area contributed by atoms with Gasteiger partial charge in [0.15, 0.2) is 0 Å². The lowest BCUT2D eigenvalue weighted by molar-refractivity contribution is 0.180. The molecule has 0 radical (unpaired) electrons. The molecule has 2 unspecified atom stereocenters. The summed E-state index contributed by atoms with van der Waals surface area (Å²) in [6, 6.07) is 4.60. The van der Waals surface area contributed by atoms with Crippen molar-refractivity contribution in [1.82, 2.24) is 4.72 Å². The van der Waals surface area contributed by atoms with Crippen LogP contribution in [-0.2, 0) is 14.8 Å². The van der Waals surface area contributed by atoms with Gasteiger partial charge < -0.3 is 4.74 Å². The van der Waals surface area contributed by atoms with E-state index in [0.29, 0.717) is 13.2 Å². The van der Waals surface area contributed by atoms with Gasteiger partial charge in [-0.15, -0.1) is 0 Å². The predicted molar refractivity (Wildman–Crippen MR) is 65.1 cm³/mol. The molecule has 0 aromatic heterocycles. The third-order valence-electron chi connectivity index (χ3n) is 3.14. The largest absolute Gasteiger partial charge is 0.381 e. The average molecular weight is 273 g/mol. The lowest BCUT2D eigenvalue weighted by Gasteiger charge is -2.19. The first-order chi connectivity index (χ1) is 8.49. The molecule has 0 amide bonds. The van der Waals surface area contributed by atoms with Crippen molar-refractivity contribution >= 4 is 10.0 Å². The van der Waals surface area contributed by atoms with Gasteiger partial charge in [0.2, 0.25) is 10.0 Å². The second-order valence-electron chi connectivity index (χ2n) is 4.49. The summed E-state index contributed by atoms with van der Waals surface area (Å²) in [6.07, 6.45) is 0.854. The number of benzene rings is 1. The Balaban J connectivity index is 2.09. The van der Waals surface area contributed by atoms with Crippen molar-refractivity contribution < 1.29 is 17.5 Å². The van der Waals surface area contributed by atoms with Crippen molar-refractivity contribution in [3.8, 4) is 0 Å². The van der Waals surface area contributed by atoms with Crippen molar-refractivity contribution in [3.05, 3.63) is 30.1 Å². The van der Waals surface area contributed by atoms with Crippen LogP contribution in [0.1, 0.15) is 13.3 Å². The maximum absolute atomic E-state index is 12.8. The minimum Gasteiger partial charge on any atom is -0.381 e. The van der Waals surface area contributed by atoms with E-state index in [-0.39, 0.29) is 16.9 Å². The molecule has 4 nitrogen and oxygen atoms in total. The summed E-state index contributed by atoms with van der Waals surface area (Å²) in [4.78, 5) is 0.0784. The summed E-state index contributed by atoms with van der Waals surface area (Å²) in [6.45, 7) is 3.07. The Kier molecular flexibility index (Phi) is 3.99. The fourth-order valence-corrected chi connectivity index (χ4v) is 3.28. The van der Waals surface area contributed by atoms with Gasteiger partial charge in [-0.05, 0) is 37.6 Å². The third-order valence-corrected chi connectivity index (χ3v) is 4.71. The first kappa shape index (κ1) is 13.5. The van der Waals surface area contributed by atoms with Gasteiger partial charge in [0.25, 0.3) is 0 Å². The molecular formula is C12H16FNO3S. The van der Waals surface area contributed by atoms with Crippen molar-refractivity contribution in [1.29, 1.82) is 0 Å². The second kappa shape index (κ2) is 5.34. The molecule has 100 valence electrons. The SMILES string of the molecule is CC(NS(=O)(=O)c1ccc(F)cc1)C1CCOC1. The lowest BCUT2D eigenvalue weighted by atomic mass is 10.0. The Hall–Kier alpha value is -0.980. The molecule has 0 bridgehead atoms. The summed E-state index contributed by atoms with van der Waals surface area (Å²) in [7, 11) is -3.59. The Morgan fingerprint density at radius 1 is 1.39 bits per heavy atom. The molecule has 2 atom stereocenters. The Bertz CT molecular complexity index is 495. The highest BCUT2D eigenvalue weighted by atomic mass is 32.2. The fourth-order valence-electron chi connectivity index (χ4n) is 1.97. The molecule has 1 fully saturated rings. The summed E-state index contributed by atoms with van der Waals surface area (Å²) in [5, 5.41) is 0. The van der Waals surface area contributed by atoms with Crippen LogP contribution in [-0.4, -0.2) is 27.7 Å². The Morgan fingerprint density at radius 2 is 2.06 bits per heavy atom. The van der Waals surface area contributed by atoms with Crippen LogP contribution in [0.25, 0.3) is 0 Å². The number of ether oxygens (including phenoxy) is 1. The maximum atomic E-state index is 12.8. The van der Waals surface area contributed by atoms with Crippen LogP contribution in [0.4, 0.5) is 4.39 Å². The summed E-state index contributed by atoms with van der Waals surface area (Å²) < 4.78 is 44.7. The van der Waals surface area contributed by atoms with Crippen molar-refractivity contribution in [2.24, 2.45) is 5.92 Å². The number of halogens is 1. The zero-order chi connectivity index (χ0) is 13.2. The summed E-state index contributed by atoms with van der Waals surface area (Å²) in [5.41, 5.74) is 0. The van der Waals surface area contributed by atoms with E-state index < -0.39 is 15.8 Å². The maximum Gasteiger partial charge on any atom is 0.240 e. The molecule has 18 heavy (non-hydrogen) atoms. The zero-order valence-corrected chi connectivity index (χ0v) is 10.9. The van der Waals surface area contributed by atoms with Crippen LogP contribution in [0.2, 0.25) is 0 Å². The molecule has 1 saturated heterocycles. The number of sulfonamides is 1. The molecule has 1 aliphatic heterocycles. The fraction of sp³-hybridized carbons (Fsp3) is 0.500. The summed E-state index contributed by atoms with van der Waals surface area (Å²) >= 11 is 0. The molecule has 1 N–H and O–H groups in total. The quantitative estimate of drug-likeness (QED) is 0.905. The number of nitrogens with one attached hydrogen (secondary N) is 1. The molecule has 1 aromatic carbocycles. The molecule has 0 saturated carbocycles. The van der Waals surface area contributed by atoms with E-state index in [1.165, 1.54) is 12.1 Å². The summed E-state index contributed by atoms with van der Waals surface area (Å²) in [5.74, 6) is -0.258. The molecule has 6 heteroatoms. The molecular weight excluding hydrogens is 257 g/mol. The van der Waals surface area contributed by atoms with Crippen molar-refractivity contribution in [2.45, 2.75) is 24.3 Å². The van der Waals surface area contributed by atoms with Crippen molar-refractivity contribution in [2.75, 3.05) is 13.2 Å². The molecule has 1 heterocycles. The van der Waals surface area contributed by atoms with E-state index in [0.717, 1.165) is 18.6 Å². The third kappa shape index (κ3) is 3.07. The highest BCUT2D eigenvalue weighted by Gasteiger charge is 2.26. The molecule has 0 spiro atoms. The highest BCUT2D eigenvalue weighted by Crippen LogP contribution is 2.18. The monoisotopic (exact) mass is 273 g/mol. The average Bonchev–Trinajstić information content (AvgIpc) is 2.82. The van der Waals surface area contributed by atoms with Gasteiger partial charge in [0.1, 0.15) is 5.82 Å². The smallest absolute Gasteiger partial charge is 0.240 e. The van der Waals surface area contributed by atoms with E-state index in [2.05, 4.69) is 4.72 Å². The van der Waals surface area contributed by atoms with Crippen LogP contribution in [0, 0.1) is 11.7 Å². The highest BCUT2D eigenvalue weighted by molar-refractivity contribution is 7.89.